The van der Waals surface area contributed by atoms with Crippen molar-refractivity contribution in [1.29, 1.82) is 0 Å². The molecule has 2 aromatic rings. The van der Waals surface area contributed by atoms with Crippen LogP contribution in [0.15, 0.2) is 42.5 Å². The molecule has 2 N–H and O–H groups in total. The van der Waals surface area contributed by atoms with Crippen LogP contribution in [0.3, 0.4) is 0 Å². The Hall–Kier alpha value is -1.85. The van der Waals surface area contributed by atoms with Crippen LogP contribution in [0, 0.1) is 5.82 Å². The summed E-state index contributed by atoms with van der Waals surface area (Å²) >= 11 is 10.9. The third-order valence-electron chi connectivity index (χ3n) is 3.24. The van der Waals surface area contributed by atoms with Crippen LogP contribution in [0.2, 0.25) is 5.02 Å². The molecule has 0 heterocycles. The van der Waals surface area contributed by atoms with Gasteiger partial charge < -0.3 is 15.4 Å². The molecule has 0 aliphatic rings. The highest BCUT2D eigenvalue weighted by Crippen LogP contribution is 2.19. The van der Waals surface area contributed by atoms with Crippen LogP contribution in [-0.2, 0) is 6.42 Å². The molecule has 0 saturated carbocycles. The Kier molecular flexibility index (Phi) is 6.62. The second kappa shape index (κ2) is 8.70. The largest absolute Gasteiger partial charge is 0.497 e. The standard InChI is InChI=1S/C17H18ClFN2OS/c1-22-14-6-2-4-12(10-14)5-3-9-20-17(23)21-13-7-8-16(19)15(18)11-13/h2,4,6-8,10-11H,3,5,9H2,1H3,(H2,20,21,23). The monoisotopic (exact) mass is 352 g/mol. The first kappa shape index (κ1) is 17.5. The molecule has 0 aliphatic heterocycles. The molecular formula is C17H18ClFN2OS. The van der Waals surface area contributed by atoms with Gasteiger partial charge in [0.05, 0.1) is 12.1 Å². The second-order valence-corrected chi connectivity index (χ2v) is 5.78. The molecule has 122 valence electrons. The minimum Gasteiger partial charge on any atom is -0.497 e. The first-order chi connectivity index (χ1) is 11.1. The summed E-state index contributed by atoms with van der Waals surface area (Å²) in [7, 11) is 1.66. The van der Waals surface area contributed by atoms with E-state index in [4.69, 9.17) is 28.6 Å². The Balaban J connectivity index is 1.73. The zero-order valence-corrected chi connectivity index (χ0v) is 14.3. The molecule has 0 bridgehead atoms. The molecule has 6 heteroatoms. The number of hydrogen-bond donors (Lipinski definition) is 2. The van der Waals surface area contributed by atoms with Gasteiger partial charge in [0.2, 0.25) is 0 Å². The van der Waals surface area contributed by atoms with Crippen LogP contribution in [-0.4, -0.2) is 18.8 Å². The van der Waals surface area contributed by atoms with Gasteiger partial charge >= 0.3 is 0 Å². The summed E-state index contributed by atoms with van der Waals surface area (Å²) < 4.78 is 18.3. The molecule has 2 aromatic carbocycles. The number of aryl methyl sites for hydroxylation is 1. The van der Waals surface area contributed by atoms with Gasteiger partial charge in [-0.2, -0.15) is 0 Å². The van der Waals surface area contributed by atoms with Crippen LogP contribution < -0.4 is 15.4 Å². The topological polar surface area (TPSA) is 33.3 Å². The van der Waals surface area contributed by atoms with E-state index in [0.29, 0.717) is 10.8 Å². The minimum atomic E-state index is -0.450. The first-order valence-corrected chi connectivity index (χ1v) is 8.00. The fourth-order valence-electron chi connectivity index (χ4n) is 2.07. The van der Waals surface area contributed by atoms with Crippen molar-refractivity contribution >= 4 is 34.6 Å². The van der Waals surface area contributed by atoms with Crippen molar-refractivity contribution < 1.29 is 9.13 Å². The summed E-state index contributed by atoms with van der Waals surface area (Å²) in [6.07, 6.45) is 1.86. The van der Waals surface area contributed by atoms with E-state index >= 15 is 0 Å². The van der Waals surface area contributed by atoms with Crippen LogP contribution in [0.4, 0.5) is 10.1 Å². The zero-order chi connectivity index (χ0) is 16.7. The fourth-order valence-corrected chi connectivity index (χ4v) is 2.47. The lowest BCUT2D eigenvalue weighted by atomic mass is 10.1. The van der Waals surface area contributed by atoms with Crippen molar-refractivity contribution in [1.82, 2.24) is 5.32 Å². The van der Waals surface area contributed by atoms with Gasteiger partial charge in [-0.15, -0.1) is 0 Å². The molecule has 0 spiro atoms. The maximum Gasteiger partial charge on any atom is 0.170 e. The van der Waals surface area contributed by atoms with Crippen LogP contribution in [0.5, 0.6) is 5.75 Å². The number of nitrogens with one attached hydrogen (secondary N) is 2. The molecule has 0 unspecified atom stereocenters. The highest BCUT2D eigenvalue weighted by Gasteiger charge is 2.02. The predicted molar refractivity (Wildman–Crippen MR) is 96.9 cm³/mol. The maximum absolute atomic E-state index is 13.1. The van der Waals surface area contributed by atoms with E-state index in [2.05, 4.69) is 16.7 Å². The van der Waals surface area contributed by atoms with Gasteiger partial charge in [0.1, 0.15) is 11.6 Å². The number of hydrogen-bond acceptors (Lipinski definition) is 2. The molecule has 3 nitrogen and oxygen atoms in total. The van der Waals surface area contributed by atoms with E-state index in [0.717, 1.165) is 25.1 Å². The zero-order valence-electron chi connectivity index (χ0n) is 12.7. The van der Waals surface area contributed by atoms with Gasteiger partial charge in [-0.1, -0.05) is 23.7 Å². The van der Waals surface area contributed by atoms with E-state index in [1.807, 2.05) is 18.2 Å². The average molecular weight is 353 g/mol. The van der Waals surface area contributed by atoms with Crippen molar-refractivity contribution in [3.05, 3.63) is 58.9 Å². The number of ether oxygens (including phenoxy) is 1. The quantitative estimate of drug-likeness (QED) is 0.596. The maximum atomic E-state index is 13.1. The van der Waals surface area contributed by atoms with Gasteiger partial charge in [0, 0.05) is 12.2 Å². The Morgan fingerprint density at radius 2 is 2.09 bits per heavy atom. The van der Waals surface area contributed by atoms with Crippen molar-refractivity contribution in [3.8, 4) is 5.75 Å². The van der Waals surface area contributed by atoms with E-state index in [-0.39, 0.29) is 5.02 Å². The van der Waals surface area contributed by atoms with Crippen LogP contribution in [0.25, 0.3) is 0 Å². The number of benzene rings is 2. The molecule has 0 aliphatic carbocycles. The lowest BCUT2D eigenvalue weighted by Gasteiger charge is -2.11. The van der Waals surface area contributed by atoms with Crippen molar-refractivity contribution in [2.75, 3.05) is 19.0 Å². The third kappa shape index (κ3) is 5.69. The molecular weight excluding hydrogens is 335 g/mol. The predicted octanol–water partition coefficient (Wildman–Crippen LogP) is 4.41. The van der Waals surface area contributed by atoms with Crippen molar-refractivity contribution in [2.24, 2.45) is 0 Å². The van der Waals surface area contributed by atoms with Gasteiger partial charge in [-0.05, 0) is 61.0 Å². The van der Waals surface area contributed by atoms with Crippen molar-refractivity contribution in [2.45, 2.75) is 12.8 Å². The lowest BCUT2D eigenvalue weighted by molar-refractivity contribution is 0.414. The Morgan fingerprint density at radius 1 is 1.26 bits per heavy atom. The molecule has 23 heavy (non-hydrogen) atoms. The minimum absolute atomic E-state index is 0.0656. The average Bonchev–Trinajstić information content (AvgIpc) is 2.55. The second-order valence-electron chi connectivity index (χ2n) is 4.96. The number of halogens is 2. The molecule has 0 radical (unpaired) electrons. The normalized spacial score (nSPS) is 10.2. The number of anilines is 1. The SMILES string of the molecule is COc1cccc(CCCNC(=S)Nc2ccc(F)c(Cl)c2)c1. The first-order valence-electron chi connectivity index (χ1n) is 7.21. The molecule has 0 amide bonds. The molecule has 0 aromatic heterocycles. The van der Waals surface area contributed by atoms with Gasteiger partial charge in [0.25, 0.3) is 0 Å². The molecule has 0 atom stereocenters. The summed E-state index contributed by atoms with van der Waals surface area (Å²) in [6.45, 7) is 0.734. The lowest BCUT2D eigenvalue weighted by Crippen LogP contribution is -2.29. The summed E-state index contributed by atoms with van der Waals surface area (Å²) in [5.74, 6) is 0.412. The Labute approximate surface area is 145 Å². The third-order valence-corrected chi connectivity index (χ3v) is 3.78. The van der Waals surface area contributed by atoms with Gasteiger partial charge in [0.15, 0.2) is 5.11 Å². The van der Waals surface area contributed by atoms with E-state index in [9.17, 15) is 4.39 Å². The summed E-state index contributed by atoms with van der Waals surface area (Å²) in [6, 6.07) is 12.4. The van der Waals surface area contributed by atoms with E-state index in [1.165, 1.54) is 17.7 Å². The molecule has 0 saturated heterocycles. The van der Waals surface area contributed by atoms with Crippen molar-refractivity contribution in [3.63, 3.8) is 0 Å². The summed E-state index contributed by atoms with van der Waals surface area (Å²) in [5.41, 5.74) is 1.87. The summed E-state index contributed by atoms with van der Waals surface area (Å²) in [4.78, 5) is 0. The molecule has 0 fully saturated rings. The molecule has 2 rings (SSSR count). The Morgan fingerprint density at radius 3 is 2.83 bits per heavy atom. The highest BCUT2D eigenvalue weighted by molar-refractivity contribution is 7.80. The van der Waals surface area contributed by atoms with Crippen LogP contribution in [0.1, 0.15) is 12.0 Å². The van der Waals surface area contributed by atoms with E-state index < -0.39 is 5.82 Å². The number of thiocarbonyl (C=S) groups is 1. The summed E-state index contributed by atoms with van der Waals surface area (Å²) in [5, 5.41) is 6.64. The smallest absolute Gasteiger partial charge is 0.170 e. The number of methoxy groups -OCH3 is 1. The number of rotatable bonds is 6. The Bertz CT molecular complexity index is 681. The highest BCUT2D eigenvalue weighted by atomic mass is 35.5. The van der Waals surface area contributed by atoms with Gasteiger partial charge in [-0.25, -0.2) is 4.39 Å². The van der Waals surface area contributed by atoms with Gasteiger partial charge in [-0.3, -0.25) is 0 Å². The van der Waals surface area contributed by atoms with Crippen LogP contribution >= 0.6 is 23.8 Å². The fraction of sp³-hybridized carbons (Fsp3) is 0.235. The van der Waals surface area contributed by atoms with E-state index in [1.54, 1.807) is 13.2 Å².